The number of nitrogens with zero attached hydrogens (tertiary/aromatic N) is 2. The molecule has 1 aromatic rings. The van der Waals surface area contributed by atoms with Gasteiger partial charge in [0.1, 0.15) is 11.4 Å². The summed E-state index contributed by atoms with van der Waals surface area (Å²) in [5, 5.41) is 4.00. The van der Waals surface area contributed by atoms with E-state index in [1.165, 1.54) is 23.5 Å². The lowest BCUT2D eigenvalue weighted by Crippen LogP contribution is -3.00. The van der Waals surface area contributed by atoms with Crippen LogP contribution in [0, 0.1) is 0 Å². The van der Waals surface area contributed by atoms with Gasteiger partial charge in [-0.2, -0.15) is 5.10 Å². The Labute approximate surface area is 127 Å². The molecule has 0 aliphatic heterocycles. The summed E-state index contributed by atoms with van der Waals surface area (Å²) in [6, 6.07) is 3.51. The molecule has 4 nitrogen and oxygen atoms in total. The van der Waals surface area contributed by atoms with Gasteiger partial charge in [0.2, 0.25) is 0 Å². The maximum atomic E-state index is 11.6. The van der Waals surface area contributed by atoms with Crippen molar-refractivity contribution in [3.8, 4) is 0 Å². The van der Waals surface area contributed by atoms with E-state index in [-0.39, 0.29) is 29.9 Å². The molecule has 1 amide bonds. The quantitative estimate of drug-likeness (QED) is 0.217. The van der Waals surface area contributed by atoms with Gasteiger partial charge < -0.3 is 24.0 Å². The van der Waals surface area contributed by atoms with Crippen LogP contribution in [0.15, 0.2) is 29.6 Å². The first-order valence-corrected chi connectivity index (χ1v) is 7.03. The van der Waals surface area contributed by atoms with Crippen LogP contribution in [-0.2, 0) is 7.05 Å². The fourth-order valence-electron chi connectivity index (χ4n) is 0.988. The van der Waals surface area contributed by atoms with Gasteiger partial charge in [0.25, 0.3) is 5.91 Å². The zero-order valence-electron chi connectivity index (χ0n) is 9.81. The van der Waals surface area contributed by atoms with E-state index in [0.717, 1.165) is 4.38 Å². The van der Waals surface area contributed by atoms with Crippen LogP contribution in [-0.4, -0.2) is 22.8 Å². The molecule has 1 rings (SSSR count). The fraction of sp³-hybridized carbons (Fsp3) is 0.300. The molecule has 0 aliphatic rings. The first-order valence-electron chi connectivity index (χ1n) is 4.58. The zero-order chi connectivity index (χ0) is 12.0. The second-order valence-electron chi connectivity index (χ2n) is 2.98. The van der Waals surface area contributed by atoms with E-state index in [4.69, 9.17) is 0 Å². The minimum Gasteiger partial charge on any atom is -1.00 e. The van der Waals surface area contributed by atoms with E-state index in [0.29, 0.717) is 5.56 Å². The van der Waals surface area contributed by atoms with Gasteiger partial charge in [-0.25, -0.2) is 9.99 Å². The Hall–Kier alpha value is -0.280. The van der Waals surface area contributed by atoms with Crippen molar-refractivity contribution in [3.05, 3.63) is 30.1 Å². The summed E-state index contributed by atoms with van der Waals surface area (Å²) in [5.41, 5.74) is 3.12. The van der Waals surface area contributed by atoms with Crippen molar-refractivity contribution in [3.63, 3.8) is 0 Å². The number of hydrogen-bond donors (Lipinski definition) is 1. The number of amides is 1. The summed E-state index contributed by atoms with van der Waals surface area (Å²) in [6.07, 6.45) is 7.49. The summed E-state index contributed by atoms with van der Waals surface area (Å²) in [6.45, 7) is 0. The first kappa shape index (κ1) is 16.7. The van der Waals surface area contributed by atoms with E-state index in [2.05, 4.69) is 10.5 Å². The topological polar surface area (TPSA) is 45.3 Å². The maximum absolute atomic E-state index is 11.6. The molecule has 0 spiro atoms. The van der Waals surface area contributed by atoms with Gasteiger partial charge >= 0.3 is 0 Å². The Bertz CT molecular complexity index is 389. The SMILES string of the molecule is CSC(=NNC(=O)c1cc[n+](C)cc1)SC.[I-]. The highest BCUT2D eigenvalue weighted by Crippen LogP contribution is 2.09. The zero-order valence-corrected chi connectivity index (χ0v) is 13.6. The molecule has 0 fully saturated rings. The van der Waals surface area contributed by atoms with Crippen LogP contribution >= 0.6 is 23.5 Å². The van der Waals surface area contributed by atoms with Crippen molar-refractivity contribution in [1.82, 2.24) is 5.43 Å². The minimum atomic E-state index is -0.193. The molecule has 0 saturated heterocycles. The molecule has 0 bridgehead atoms. The third kappa shape index (κ3) is 5.73. The third-order valence-electron chi connectivity index (χ3n) is 1.84. The Balaban J connectivity index is 0.00000256. The summed E-state index contributed by atoms with van der Waals surface area (Å²) < 4.78 is 2.70. The number of hydrazone groups is 1. The highest BCUT2D eigenvalue weighted by molar-refractivity contribution is 8.38. The number of aromatic nitrogens is 1. The van der Waals surface area contributed by atoms with Crippen molar-refractivity contribution in [2.75, 3.05) is 12.5 Å². The lowest BCUT2D eigenvalue weighted by atomic mass is 10.2. The van der Waals surface area contributed by atoms with Crippen LogP contribution in [0.3, 0.4) is 0 Å². The van der Waals surface area contributed by atoms with Crippen molar-refractivity contribution >= 4 is 33.8 Å². The normalized spacial score (nSPS) is 9.12. The number of carbonyl (C=O) groups excluding carboxylic acids is 1. The van der Waals surface area contributed by atoms with Crippen molar-refractivity contribution < 1.29 is 33.3 Å². The van der Waals surface area contributed by atoms with Gasteiger partial charge in [-0.3, -0.25) is 4.79 Å². The Morgan fingerprint density at radius 2 is 1.82 bits per heavy atom. The van der Waals surface area contributed by atoms with E-state index >= 15 is 0 Å². The summed E-state index contributed by atoms with van der Waals surface area (Å²) in [7, 11) is 1.90. The Kier molecular flexibility index (Phi) is 8.61. The molecule has 1 heterocycles. The highest BCUT2D eigenvalue weighted by atomic mass is 127. The predicted molar refractivity (Wildman–Crippen MR) is 69.5 cm³/mol. The second-order valence-corrected chi connectivity index (χ2v) is 4.83. The van der Waals surface area contributed by atoms with Crippen molar-refractivity contribution in [2.24, 2.45) is 12.1 Å². The number of halogens is 1. The lowest BCUT2D eigenvalue weighted by molar-refractivity contribution is -0.671. The van der Waals surface area contributed by atoms with Crippen LogP contribution < -0.4 is 34.0 Å². The number of nitrogens with one attached hydrogen (secondary N) is 1. The molecular formula is C10H14IN3OS2. The van der Waals surface area contributed by atoms with Gasteiger partial charge in [-0.1, -0.05) is 0 Å². The Morgan fingerprint density at radius 3 is 2.29 bits per heavy atom. The molecule has 0 unspecified atom stereocenters. The van der Waals surface area contributed by atoms with Crippen LogP contribution in [0.1, 0.15) is 10.4 Å². The first-order chi connectivity index (χ1) is 7.67. The number of carbonyl (C=O) groups is 1. The molecular weight excluding hydrogens is 369 g/mol. The summed E-state index contributed by atoms with van der Waals surface area (Å²) in [4.78, 5) is 11.6. The predicted octanol–water partition coefficient (Wildman–Crippen LogP) is -1.76. The molecule has 94 valence electrons. The van der Waals surface area contributed by atoms with Crippen molar-refractivity contribution in [2.45, 2.75) is 0 Å². The average molecular weight is 383 g/mol. The number of thioether (sulfide) groups is 2. The monoisotopic (exact) mass is 383 g/mol. The van der Waals surface area contributed by atoms with Crippen molar-refractivity contribution in [1.29, 1.82) is 0 Å². The van der Waals surface area contributed by atoms with E-state index < -0.39 is 0 Å². The minimum absolute atomic E-state index is 0. The van der Waals surface area contributed by atoms with Gasteiger partial charge in [0.15, 0.2) is 12.4 Å². The second kappa shape index (κ2) is 8.76. The van der Waals surface area contributed by atoms with Crippen LogP contribution in [0.5, 0.6) is 0 Å². The molecule has 1 N–H and O–H groups in total. The third-order valence-corrected chi connectivity index (χ3v) is 3.72. The number of aryl methyl sites for hydroxylation is 1. The molecule has 1 aromatic heterocycles. The number of hydrogen-bond acceptors (Lipinski definition) is 4. The highest BCUT2D eigenvalue weighted by Gasteiger charge is 2.06. The molecule has 7 heteroatoms. The summed E-state index contributed by atoms with van der Waals surface area (Å²) in [5.74, 6) is -0.193. The fourth-order valence-corrected chi connectivity index (χ4v) is 1.93. The molecule has 17 heavy (non-hydrogen) atoms. The number of rotatable bonds is 2. The van der Waals surface area contributed by atoms with E-state index in [1.54, 1.807) is 12.1 Å². The Morgan fingerprint density at radius 1 is 1.29 bits per heavy atom. The molecule has 0 radical (unpaired) electrons. The smallest absolute Gasteiger partial charge is 0.271 e. The summed E-state index contributed by atoms with van der Waals surface area (Å²) >= 11 is 3.01. The standard InChI is InChI=1S/C10H13N3OS2.HI/c1-13-6-4-8(5-7-13)9(14)11-12-10(15-2)16-3;/h4-7H,1-3H3;1H. The van der Waals surface area contributed by atoms with Crippen LogP contribution in [0.4, 0.5) is 0 Å². The van der Waals surface area contributed by atoms with Gasteiger partial charge in [-0.15, -0.1) is 23.5 Å². The van der Waals surface area contributed by atoms with Crippen LogP contribution in [0.25, 0.3) is 0 Å². The lowest BCUT2D eigenvalue weighted by Gasteiger charge is -2.00. The molecule has 0 atom stereocenters. The van der Waals surface area contributed by atoms with Gasteiger partial charge in [0, 0.05) is 12.1 Å². The van der Waals surface area contributed by atoms with E-state index in [1.807, 2.05) is 36.5 Å². The molecule has 0 saturated carbocycles. The average Bonchev–Trinajstić information content (AvgIpc) is 2.31. The van der Waals surface area contributed by atoms with Gasteiger partial charge in [-0.05, 0) is 12.5 Å². The van der Waals surface area contributed by atoms with E-state index in [9.17, 15) is 4.79 Å². The maximum Gasteiger partial charge on any atom is 0.271 e. The van der Waals surface area contributed by atoms with Crippen LogP contribution in [0.2, 0.25) is 0 Å². The number of pyridine rings is 1. The van der Waals surface area contributed by atoms with Gasteiger partial charge in [0.05, 0.1) is 5.56 Å². The molecule has 0 aliphatic carbocycles. The molecule has 0 aromatic carbocycles. The largest absolute Gasteiger partial charge is 1.00 e.